The number of rotatable bonds is 3. The van der Waals surface area contributed by atoms with Crippen LogP contribution in [0.15, 0.2) is 24.3 Å². The Kier molecular flexibility index (Phi) is 4.34. The van der Waals surface area contributed by atoms with Crippen molar-refractivity contribution in [3.63, 3.8) is 0 Å². The van der Waals surface area contributed by atoms with Crippen LogP contribution in [0.1, 0.15) is 19.8 Å². The molecule has 0 aliphatic carbocycles. The van der Waals surface area contributed by atoms with E-state index >= 15 is 0 Å². The summed E-state index contributed by atoms with van der Waals surface area (Å²) in [4.78, 5) is 26.3. The summed E-state index contributed by atoms with van der Waals surface area (Å²) < 4.78 is 23.3. The first-order valence-electron chi connectivity index (χ1n) is 7.76. The number of nitrogens with zero attached hydrogens (tertiary/aromatic N) is 1. The van der Waals surface area contributed by atoms with Crippen LogP contribution >= 0.6 is 11.6 Å². The van der Waals surface area contributed by atoms with E-state index in [1.165, 1.54) is 0 Å². The minimum Gasteiger partial charge on any atom is -0.350 e. The van der Waals surface area contributed by atoms with Crippen molar-refractivity contribution < 1.29 is 18.0 Å². The van der Waals surface area contributed by atoms with Crippen LogP contribution in [0.5, 0.6) is 0 Å². The normalized spacial score (nSPS) is 29.0. The van der Waals surface area contributed by atoms with Crippen LogP contribution in [0, 0.1) is 5.92 Å². The number of nitrogens with one attached hydrogen (secondary N) is 1. The highest BCUT2D eigenvalue weighted by Crippen LogP contribution is 2.29. The molecule has 24 heavy (non-hydrogen) atoms. The van der Waals surface area contributed by atoms with Gasteiger partial charge in [-0.1, -0.05) is 17.7 Å². The summed E-state index contributed by atoms with van der Waals surface area (Å²) in [5.41, 5.74) is -0.0833. The summed E-state index contributed by atoms with van der Waals surface area (Å²) in [6.45, 7) is 2.01. The highest BCUT2D eigenvalue weighted by Gasteiger charge is 2.42. The molecule has 8 heteroatoms. The smallest absolute Gasteiger partial charge is 0.227 e. The third kappa shape index (κ3) is 3.57. The Morgan fingerprint density at radius 1 is 1.42 bits per heavy atom. The molecule has 0 saturated carbocycles. The molecule has 0 radical (unpaired) electrons. The maximum absolute atomic E-state index is 12.5. The molecule has 2 fully saturated rings. The van der Waals surface area contributed by atoms with Crippen molar-refractivity contribution in [2.75, 3.05) is 23.0 Å². The van der Waals surface area contributed by atoms with Gasteiger partial charge in [-0.05, 0) is 31.5 Å². The van der Waals surface area contributed by atoms with Crippen LogP contribution in [0.4, 0.5) is 5.69 Å². The molecule has 0 spiro atoms. The Balaban J connectivity index is 1.68. The first-order chi connectivity index (χ1) is 11.2. The number of sulfone groups is 1. The summed E-state index contributed by atoms with van der Waals surface area (Å²) in [5.74, 6) is -0.863. The Hall–Kier alpha value is -1.60. The van der Waals surface area contributed by atoms with Gasteiger partial charge in [0.05, 0.1) is 23.0 Å². The van der Waals surface area contributed by atoms with Gasteiger partial charge in [0.1, 0.15) is 0 Å². The van der Waals surface area contributed by atoms with Gasteiger partial charge in [-0.3, -0.25) is 9.59 Å². The average molecular weight is 371 g/mol. The van der Waals surface area contributed by atoms with Crippen molar-refractivity contribution in [2.24, 2.45) is 5.92 Å². The van der Waals surface area contributed by atoms with Gasteiger partial charge < -0.3 is 10.2 Å². The number of hydrogen-bond acceptors (Lipinski definition) is 4. The van der Waals surface area contributed by atoms with Gasteiger partial charge in [0, 0.05) is 23.7 Å². The van der Waals surface area contributed by atoms with Gasteiger partial charge in [-0.25, -0.2) is 8.42 Å². The Morgan fingerprint density at radius 2 is 2.17 bits per heavy atom. The molecular weight excluding hydrogens is 352 g/mol. The molecule has 2 saturated heterocycles. The fourth-order valence-corrected chi connectivity index (χ4v) is 5.56. The summed E-state index contributed by atoms with van der Waals surface area (Å²) in [6.07, 6.45) is 0.515. The zero-order valence-electron chi connectivity index (χ0n) is 13.3. The molecule has 2 heterocycles. The second-order valence-corrected chi connectivity index (χ2v) is 9.40. The largest absolute Gasteiger partial charge is 0.350 e. The highest BCUT2D eigenvalue weighted by molar-refractivity contribution is 7.91. The van der Waals surface area contributed by atoms with Crippen molar-refractivity contribution in [1.82, 2.24) is 5.32 Å². The lowest BCUT2D eigenvalue weighted by Crippen LogP contribution is -2.49. The summed E-state index contributed by atoms with van der Waals surface area (Å²) in [5, 5.41) is 3.36. The monoisotopic (exact) mass is 370 g/mol. The minimum absolute atomic E-state index is 0.0512. The van der Waals surface area contributed by atoms with Crippen LogP contribution in [-0.2, 0) is 19.4 Å². The Labute approximate surface area is 146 Å². The van der Waals surface area contributed by atoms with Gasteiger partial charge in [-0.15, -0.1) is 0 Å². The lowest BCUT2D eigenvalue weighted by Gasteiger charge is -2.25. The molecule has 2 aliphatic rings. The van der Waals surface area contributed by atoms with Crippen molar-refractivity contribution in [3.8, 4) is 0 Å². The molecule has 1 aromatic rings. The molecule has 0 unspecified atom stereocenters. The number of carbonyl (C=O) groups is 2. The summed E-state index contributed by atoms with van der Waals surface area (Å²) in [6, 6.07) is 6.93. The van der Waals surface area contributed by atoms with E-state index in [0.29, 0.717) is 17.1 Å². The van der Waals surface area contributed by atoms with E-state index in [1.807, 2.05) is 0 Å². The maximum Gasteiger partial charge on any atom is 0.227 e. The number of hydrogen-bond donors (Lipinski definition) is 1. The Bertz CT molecular complexity index is 795. The first kappa shape index (κ1) is 17.2. The summed E-state index contributed by atoms with van der Waals surface area (Å²) in [7, 11) is -3.10. The van der Waals surface area contributed by atoms with Gasteiger partial charge in [0.2, 0.25) is 11.8 Å². The molecule has 1 N–H and O–H groups in total. The van der Waals surface area contributed by atoms with Crippen LogP contribution in [0.2, 0.25) is 5.02 Å². The molecule has 0 bridgehead atoms. The molecular formula is C16H19ClN2O4S. The lowest BCUT2D eigenvalue weighted by molar-refractivity contribution is -0.127. The SMILES string of the molecule is C[C@]1(NC(=O)[C@H]2CC(=O)N(c3cccc(Cl)c3)C2)CCS(=O)(=O)C1. The predicted molar refractivity (Wildman–Crippen MR) is 91.7 cm³/mol. The average Bonchev–Trinajstić information content (AvgIpc) is 2.99. The number of halogens is 1. The molecule has 130 valence electrons. The van der Waals surface area contributed by atoms with Crippen LogP contribution < -0.4 is 10.2 Å². The zero-order chi connectivity index (χ0) is 17.5. The third-order valence-electron chi connectivity index (χ3n) is 4.54. The number of anilines is 1. The van der Waals surface area contributed by atoms with Crippen molar-refractivity contribution >= 4 is 38.9 Å². The van der Waals surface area contributed by atoms with Crippen molar-refractivity contribution in [1.29, 1.82) is 0 Å². The van der Waals surface area contributed by atoms with E-state index in [0.717, 1.165) is 0 Å². The van der Waals surface area contributed by atoms with Crippen LogP contribution in [-0.4, -0.2) is 43.8 Å². The van der Waals surface area contributed by atoms with Crippen molar-refractivity contribution in [3.05, 3.63) is 29.3 Å². The summed E-state index contributed by atoms with van der Waals surface area (Å²) >= 11 is 5.95. The van der Waals surface area contributed by atoms with Crippen LogP contribution in [0.3, 0.4) is 0 Å². The van der Waals surface area contributed by atoms with Gasteiger partial charge in [0.15, 0.2) is 9.84 Å². The second-order valence-electron chi connectivity index (χ2n) is 6.78. The second kappa shape index (κ2) is 6.04. The van der Waals surface area contributed by atoms with Gasteiger partial charge in [-0.2, -0.15) is 0 Å². The van der Waals surface area contributed by atoms with Gasteiger partial charge in [0.25, 0.3) is 0 Å². The van der Waals surface area contributed by atoms with E-state index in [9.17, 15) is 18.0 Å². The number of benzene rings is 1. The van der Waals surface area contributed by atoms with Crippen molar-refractivity contribution in [2.45, 2.75) is 25.3 Å². The number of carbonyl (C=O) groups excluding carboxylic acids is 2. The molecule has 6 nitrogen and oxygen atoms in total. The Morgan fingerprint density at radius 3 is 2.79 bits per heavy atom. The van der Waals surface area contributed by atoms with E-state index in [2.05, 4.69) is 5.32 Å². The third-order valence-corrected chi connectivity index (χ3v) is 6.68. The fraction of sp³-hybridized carbons (Fsp3) is 0.500. The molecule has 2 atom stereocenters. The lowest BCUT2D eigenvalue weighted by atomic mass is 9.99. The zero-order valence-corrected chi connectivity index (χ0v) is 14.9. The van der Waals surface area contributed by atoms with Crippen LogP contribution in [0.25, 0.3) is 0 Å². The first-order valence-corrected chi connectivity index (χ1v) is 9.96. The van der Waals surface area contributed by atoms with Gasteiger partial charge >= 0.3 is 0 Å². The van der Waals surface area contributed by atoms with E-state index in [4.69, 9.17) is 11.6 Å². The predicted octanol–water partition coefficient (Wildman–Crippen LogP) is 1.39. The molecule has 2 amide bonds. The minimum atomic E-state index is -3.10. The van der Waals surface area contributed by atoms with E-state index in [-0.39, 0.29) is 36.3 Å². The standard InChI is InChI=1S/C16H19ClN2O4S/c1-16(5-6-24(22,23)10-16)18-15(21)11-7-14(20)19(9-11)13-4-2-3-12(17)8-13/h2-4,8,11H,5-7,9-10H2,1H3,(H,18,21)/t11-,16-/m0/s1. The maximum atomic E-state index is 12.5. The van der Waals surface area contributed by atoms with E-state index in [1.54, 1.807) is 36.1 Å². The fourth-order valence-electron chi connectivity index (χ4n) is 3.29. The quantitative estimate of drug-likeness (QED) is 0.871. The highest BCUT2D eigenvalue weighted by atomic mass is 35.5. The molecule has 3 rings (SSSR count). The molecule has 0 aromatic heterocycles. The topological polar surface area (TPSA) is 83.6 Å². The van der Waals surface area contributed by atoms with E-state index < -0.39 is 21.3 Å². The number of amides is 2. The molecule has 1 aromatic carbocycles. The molecule has 2 aliphatic heterocycles.